The molecule has 1 saturated heterocycles. The minimum Gasteiger partial charge on any atom is -0.334 e. The smallest absolute Gasteiger partial charge is 0.243 e. The first-order valence-corrected chi connectivity index (χ1v) is 8.44. The maximum atomic E-state index is 12.7. The van der Waals surface area contributed by atoms with Gasteiger partial charge in [0.2, 0.25) is 10.0 Å². The molecule has 2 heterocycles. The lowest BCUT2D eigenvalue weighted by molar-refractivity contribution is 0.424. The van der Waals surface area contributed by atoms with Gasteiger partial charge in [-0.1, -0.05) is 12.8 Å². The van der Waals surface area contributed by atoms with Crippen LogP contribution in [0.15, 0.2) is 29.4 Å². The molecule has 20 heavy (non-hydrogen) atoms. The van der Waals surface area contributed by atoms with Crippen LogP contribution < -0.4 is 0 Å². The molecule has 108 valence electrons. The van der Waals surface area contributed by atoms with Gasteiger partial charge in [0, 0.05) is 20.1 Å². The molecule has 0 radical (unpaired) electrons. The Balaban J connectivity index is 1.99. The van der Waals surface area contributed by atoms with Crippen molar-refractivity contribution in [3.63, 3.8) is 0 Å². The summed E-state index contributed by atoms with van der Waals surface area (Å²) in [4.78, 5) is 4.59. The molecule has 1 aliphatic rings. The van der Waals surface area contributed by atoms with Crippen molar-refractivity contribution in [1.29, 1.82) is 0 Å². The maximum absolute atomic E-state index is 12.7. The molecule has 0 N–H and O–H groups in total. The number of rotatable bonds is 2. The first-order valence-electron chi connectivity index (χ1n) is 7.00. The van der Waals surface area contributed by atoms with E-state index in [0.29, 0.717) is 18.0 Å². The van der Waals surface area contributed by atoms with E-state index in [9.17, 15) is 8.42 Å². The second-order valence-corrected chi connectivity index (χ2v) is 7.26. The average molecular weight is 293 g/mol. The number of sulfonamides is 1. The van der Waals surface area contributed by atoms with Gasteiger partial charge < -0.3 is 4.57 Å². The summed E-state index contributed by atoms with van der Waals surface area (Å²) in [6, 6.07) is 5.19. The highest BCUT2D eigenvalue weighted by Gasteiger charge is 2.25. The van der Waals surface area contributed by atoms with E-state index in [-0.39, 0.29) is 0 Å². The molecule has 0 spiro atoms. The molecule has 0 atom stereocenters. The highest BCUT2D eigenvalue weighted by molar-refractivity contribution is 7.89. The predicted molar refractivity (Wildman–Crippen MR) is 77.9 cm³/mol. The summed E-state index contributed by atoms with van der Waals surface area (Å²) in [7, 11) is -1.48. The Kier molecular flexibility index (Phi) is 3.52. The quantitative estimate of drug-likeness (QED) is 0.852. The zero-order valence-corrected chi connectivity index (χ0v) is 12.4. The number of nitrogens with zero attached hydrogens (tertiary/aromatic N) is 3. The normalized spacial score (nSPS) is 18.2. The lowest BCUT2D eigenvalue weighted by Crippen LogP contribution is -2.31. The number of benzene rings is 1. The minimum absolute atomic E-state index is 0.352. The summed E-state index contributed by atoms with van der Waals surface area (Å²) in [5.74, 6) is 0. The molecule has 1 aromatic carbocycles. The van der Waals surface area contributed by atoms with Crippen LogP contribution in [0.2, 0.25) is 0 Å². The third-order valence-electron chi connectivity index (χ3n) is 3.90. The number of aromatic nitrogens is 2. The fraction of sp³-hybridized carbons (Fsp3) is 0.500. The molecule has 0 aliphatic carbocycles. The second kappa shape index (κ2) is 5.18. The molecule has 1 aliphatic heterocycles. The van der Waals surface area contributed by atoms with Crippen molar-refractivity contribution < 1.29 is 8.42 Å². The lowest BCUT2D eigenvalue weighted by atomic mass is 10.2. The third kappa shape index (κ3) is 2.33. The number of fused-ring (bicyclic) bond motifs is 1. The Hall–Kier alpha value is -1.40. The summed E-state index contributed by atoms with van der Waals surface area (Å²) in [6.07, 6.45) is 5.83. The van der Waals surface area contributed by atoms with Crippen molar-refractivity contribution in [2.45, 2.75) is 30.6 Å². The van der Waals surface area contributed by atoms with Crippen molar-refractivity contribution in [3.8, 4) is 0 Å². The largest absolute Gasteiger partial charge is 0.334 e. The molecule has 6 heteroatoms. The van der Waals surface area contributed by atoms with Crippen molar-refractivity contribution in [3.05, 3.63) is 24.5 Å². The van der Waals surface area contributed by atoms with Gasteiger partial charge in [-0.15, -0.1) is 0 Å². The Morgan fingerprint density at radius 1 is 1.10 bits per heavy atom. The molecule has 0 saturated carbocycles. The van der Waals surface area contributed by atoms with Gasteiger partial charge in [-0.05, 0) is 31.0 Å². The van der Waals surface area contributed by atoms with Gasteiger partial charge in [-0.3, -0.25) is 0 Å². The van der Waals surface area contributed by atoms with Crippen LogP contribution in [0.5, 0.6) is 0 Å². The van der Waals surface area contributed by atoms with E-state index in [1.54, 1.807) is 22.8 Å². The van der Waals surface area contributed by atoms with Crippen LogP contribution in [-0.2, 0) is 17.1 Å². The number of hydrogen-bond acceptors (Lipinski definition) is 3. The van der Waals surface area contributed by atoms with Gasteiger partial charge in [0.25, 0.3) is 0 Å². The average Bonchev–Trinajstić information content (AvgIpc) is 2.67. The summed E-state index contributed by atoms with van der Waals surface area (Å²) in [6.45, 7) is 1.26. The van der Waals surface area contributed by atoms with Crippen molar-refractivity contribution in [1.82, 2.24) is 13.9 Å². The maximum Gasteiger partial charge on any atom is 0.243 e. The van der Waals surface area contributed by atoms with Crippen LogP contribution >= 0.6 is 0 Å². The Morgan fingerprint density at radius 3 is 2.50 bits per heavy atom. The van der Waals surface area contributed by atoms with Crippen molar-refractivity contribution >= 4 is 21.1 Å². The number of imidazole rings is 1. The molecule has 0 unspecified atom stereocenters. The van der Waals surface area contributed by atoms with Gasteiger partial charge in [0.15, 0.2) is 0 Å². The standard InChI is InChI=1S/C14H19N3O2S/c1-16-11-15-13-10-12(6-7-14(13)16)20(18,19)17-8-4-2-3-5-9-17/h6-7,10-11H,2-5,8-9H2,1H3. The predicted octanol–water partition coefficient (Wildman–Crippen LogP) is 2.14. The summed E-state index contributed by atoms with van der Waals surface area (Å²) in [5, 5.41) is 0. The zero-order valence-electron chi connectivity index (χ0n) is 11.6. The van der Waals surface area contributed by atoms with E-state index < -0.39 is 10.0 Å². The first-order chi connectivity index (χ1) is 9.59. The molecule has 5 nitrogen and oxygen atoms in total. The van der Waals surface area contributed by atoms with Crippen molar-refractivity contribution in [2.75, 3.05) is 13.1 Å². The summed E-state index contributed by atoms with van der Waals surface area (Å²) in [5.41, 5.74) is 1.67. The fourth-order valence-corrected chi connectivity index (χ4v) is 4.25. The minimum atomic E-state index is -3.38. The molecule has 0 bridgehead atoms. The van der Waals surface area contributed by atoms with Gasteiger partial charge in [-0.2, -0.15) is 4.31 Å². The van der Waals surface area contributed by atoms with E-state index in [2.05, 4.69) is 4.98 Å². The van der Waals surface area contributed by atoms with Gasteiger partial charge in [0.1, 0.15) is 0 Å². The topological polar surface area (TPSA) is 55.2 Å². The molecule has 0 amide bonds. The molecule has 1 aromatic heterocycles. The van der Waals surface area contributed by atoms with E-state index in [4.69, 9.17) is 0 Å². The monoisotopic (exact) mass is 293 g/mol. The Labute approximate surface area is 119 Å². The molecule has 3 rings (SSSR count). The van der Waals surface area contributed by atoms with Crippen LogP contribution in [-0.4, -0.2) is 35.4 Å². The highest BCUT2D eigenvalue weighted by Crippen LogP contribution is 2.23. The lowest BCUT2D eigenvalue weighted by Gasteiger charge is -2.19. The van der Waals surface area contributed by atoms with Crippen molar-refractivity contribution in [2.24, 2.45) is 7.05 Å². The van der Waals surface area contributed by atoms with E-state index >= 15 is 0 Å². The number of aryl methyl sites for hydroxylation is 1. The van der Waals surface area contributed by atoms with E-state index in [1.807, 2.05) is 17.7 Å². The molecular formula is C14H19N3O2S. The first kappa shape index (κ1) is 13.6. The summed E-state index contributed by atoms with van der Waals surface area (Å²) < 4.78 is 28.9. The van der Waals surface area contributed by atoms with Gasteiger partial charge in [0.05, 0.1) is 22.3 Å². The zero-order chi connectivity index (χ0) is 14.2. The van der Waals surface area contributed by atoms with E-state index in [1.165, 1.54) is 0 Å². The number of hydrogen-bond donors (Lipinski definition) is 0. The SMILES string of the molecule is Cn1cnc2cc(S(=O)(=O)N3CCCCCC3)ccc21. The Bertz CT molecular complexity index is 713. The Morgan fingerprint density at radius 2 is 1.80 bits per heavy atom. The fourth-order valence-electron chi connectivity index (χ4n) is 2.71. The van der Waals surface area contributed by atoms with Crippen LogP contribution in [0.25, 0.3) is 11.0 Å². The van der Waals surface area contributed by atoms with Crippen LogP contribution in [0, 0.1) is 0 Å². The summed E-state index contributed by atoms with van der Waals surface area (Å²) >= 11 is 0. The highest BCUT2D eigenvalue weighted by atomic mass is 32.2. The molecule has 1 fully saturated rings. The molecular weight excluding hydrogens is 274 g/mol. The van der Waals surface area contributed by atoms with Gasteiger partial charge in [-0.25, -0.2) is 13.4 Å². The molecule has 2 aromatic rings. The van der Waals surface area contributed by atoms with Crippen LogP contribution in [0.4, 0.5) is 0 Å². The van der Waals surface area contributed by atoms with Crippen LogP contribution in [0.1, 0.15) is 25.7 Å². The second-order valence-electron chi connectivity index (χ2n) is 5.32. The van der Waals surface area contributed by atoms with Crippen LogP contribution in [0.3, 0.4) is 0 Å². The third-order valence-corrected chi connectivity index (χ3v) is 5.79. The van der Waals surface area contributed by atoms with E-state index in [0.717, 1.165) is 36.7 Å². The van der Waals surface area contributed by atoms with Gasteiger partial charge >= 0.3 is 0 Å².